The fraction of sp³-hybridized carbons (Fsp3) is 0.273. The fourth-order valence-corrected chi connectivity index (χ4v) is 3.51. The lowest BCUT2D eigenvalue weighted by molar-refractivity contribution is -0.117. The van der Waals surface area contributed by atoms with Crippen LogP contribution < -0.4 is 5.32 Å². The van der Waals surface area contributed by atoms with Gasteiger partial charge in [-0.15, -0.1) is 0 Å². The smallest absolute Gasteiger partial charge is 0.294 e. The van der Waals surface area contributed by atoms with Crippen LogP contribution in [-0.2, 0) is 9.53 Å². The van der Waals surface area contributed by atoms with Gasteiger partial charge in [0, 0.05) is 30.4 Å². The van der Waals surface area contributed by atoms with Gasteiger partial charge in [0.15, 0.2) is 0 Å². The lowest BCUT2D eigenvalue weighted by Gasteiger charge is -2.11. The van der Waals surface area contributed by atoms with E-state index in [1.165, 1.54) is 0 Å². The molecule has 0 aliphatic carbocycles. The number of hydrogen-bond donors (Lipinski definition) is 1. The number of carbonyl (C=O) groups excluding carboxylic acids is 2. The molecule has 1 amide bonds. The van der Waals surface area contributed by atoms with Crippen molar-refractivity contribution >= 4 is 17.2 Å². The van der Waals surface area contributed by atoms with Crippen LogP contribution in [0, 0.1) is 6.92 Å². The van der Waals surface area contributed by atoms with Gasteiger partial charge in [-0.2, -0.15) is 0 Å². The van der Waals surface area contributed by atoms with Gasteiger partial charge in [0.2, 0.25) is 0 Å². The maximum atomic E-state index is 13.0. The summed E-state index contributed by atoms with van der Waals surface area (Å²) < 4.78 is 7.30. The molecular formula is C22H22N2O3. The van der Waals surface area contributed by atoms with Crippen molar-refractivity contribution in [3.8, 4) is 11.1 Å². The van der Waals surface area contributed by atoms with E-state index >= 15 is 0 Å². The number of Topliss-reactive ketones (excluding diaryl/α,β-unsaturated/α-hetero) is 1. The molecule has 1 aromatic carbocycles. The highest BCUT2D eigenvalue weighted by Crippen LogP contribution is 2.28. The van der Waals surface area contributed by atoms with Gasteiger partial charge >= 0.3 is 0 Å². The van der Waals surface area contributed by atoms with Crippen LogP contribution in [0.5, 0.6) is 0 Å². The molecule has 1 fully saturated rings. The van der Waals surface area contributed by atoms with E-state index in [2.05, 4.69) is 5.32 Å². The monoisotopic (exact) mass is 362 g/mol. The fourth-order valence-electron chi connectivity index (χ4n) is 3.51. The minimum absolute atomic E-state index is 0.00220. The molecule has 0 spiro atoms. The molecule has 1 saturated heterocycles. The van der Waals surface area contributed by atoms with Crippen molar-refractivity contribution in [3.63, 3.8) is 0 Å². The third-order valence-corrected chi connectivity index (χ3v) is 4.98. The zero-order chi connectivity index (χ0) is 18.8. The van der Waals surface area contributed by atoms with Crippen molar-refractivity contribution in [2.75, 3.05) is 13.2 Å². The largest absolute Gasteiger partial charge is 0.376 e. The second-order valence-electron chi connectivity index (χ2n) is 6.94. The first-order chi connectivity index (χ1) is 13.1. The van der Waals surface area contributed by atoms with Crippen LogP contribution in [0.15, 0.2) is 54.7 Å². The molecule has 0 bridgehead atoms. The van der Waals surface area contributed by atoms with Crippen LogP contribution in [0.1, 0.15) is 28.9 Å². The third-order valence-electron chi connectivity index (χ3n) is 4.98. The van der Waals surface area contributed by atoms with Crippen molar-refractivity contribution in [1.82, 2.24) is 9.72 Å². The zero-order valence-electron chi connectivity index (χ0n) is 15.3. The summed E-state index contributed by atoms with van der Waals surface area (Å²) in [6, 6.07) is 15.6. The molecule has 1 N–H and O–H groups in total. The minimum Gasteiger partial charge on any atom is -0.376 e. The van der Waals surface area contributed by atoms with Crippen LogP contribution >= 0.6 is 0 Å². The van der Waals surface area contributed by atoms with E-state index < -0.39 is 11.7 Å². The molecule has 2 aromatic heterocycles. The lowest BCUT2D eigenvalue weighted by Crippen LogP contribution is -2.37. The summed E-state index contributed by atoms with van der Waals surface area (Å²) in [4.78, 5) is 25.6. The highest BCUT2D eigenvalue weighted by molar-refractivity contribution is 6.43. The maximum absolute atomic E-state index is 13.0. The summed E-state index contributed by atoms with van der Waals surface area (Å²) in [6.45, 7) is 3.10. The van der Waals surface area contributed by atoms with Crippen LogP contribution in [0.25, 0.3) is 16.6 Å². The molecule has 4 rings (SSSR count). The van der Waals surface area contributed by atoms with E-state index in [1.54, 1.807) is 4.40 Å². The second-order valence-corrected chi connectivity index (χ2v) is 6.94. The Balaban J connectivity index is 1.68. The average molecular weight is 362 g/mol. The number of rotatable bonds is 5. The van der Waals surface area contributed by atoms with Gasteiger partial charge in [0.1, 0.15) is 5.69 Å². The number of hydrogen-bond acceptors (Lipinski definition) is 3. The van der Waals surface area contributed by atoms with Crippen LogP contribution in [0.4, 0.5) is 0 Å². The van der Waals surface area contributed by atoms with Crippen LogP contribution in [0.2, 0.25) is 0 Å². The van der Waals surface area contributed by atoms with E-state index in [0.29, 0.717) is 12.2 Å². The molecule has 1 aliphatic heterocycles. The summed E-state index contributed by atoms with van der Waals surface area (Å²) in [5, 5.41) is 2.74. The molecule has 0 radical (unpaired) electrons. The Morgan fingerprint density at radius 2 is 2.00 bits per heavy atom. The summed E-state index contributed by atoms with van der Waals surface area (Å²) in [5.74, 6) is -1.13. The number of amides is 1. The number of aromatic nitrogens is 1. The van der Waals surface area contributed by atoms with Gasteiger partial charge < -0.3 is 14.5 Å². The quantitative estimate of drug-likeness (QED) is 0.559. The summed E-state index contributed by atoms with van der Waals surface area (Å²) in [7, 11) is 0. The number of carbonyl (C=O) groups is 2. The normalized spacial score (nSPS) is 16.6. The topological polar surface area (TPSA) is 59.8 Å². The predicted molar refractivity (Wildman–Crippen MR) is 104 cm³/mol. The molecule has 1 aliphatic rings. The molecule has 5 heteroatoms. The van der Waals surface area contributed by atoms with Gasteiger partial charge in [0.25, 0.3) is 11.7 Å². The van der Waals surface area contributed by atoms with Crippen molar-refractivity contribution in [1.29, 1.82) is 0 Å². The number of pyridine rings is 1. The minimum atomic E-state index is -0.595. The summed E-state index contributed by atoms with van der Waals surface area (Å²) in [5.41, 5.74) is 4.09. The average Bonchev–Trinajstić information content (AvgIpc) is 3.33. The van der Waals surface area contributed by atoms with E-state index in [1.807, 2.05) is 61.7 Å². The Hall–Kier alpha value is -2.92. The molecule has 3 aromatic rings. The molecule has 138 valence electrons. The highest BCUT2D eigenvalue weighted by atomic mass is 16.5. The number of fused-ring (bicyclic) bond motifs is 1. The maximum Gasteiger partial charge on any atom is 0.294 e. The van der Waals surface area contributed by atoms with Crippen LogP contribution in [0.3, 0.4) is 0 Å². The second kappa shape index (κ2) is 7.37. The zero-order valence-corrected chi connectivity index (χ0v) is 15.3. The number of ether oxygens (including phenoxy) is 1. The first-order valence-electron chi connectivity index (χ1n) is 9.25. The van der Waals surface area contributed by atoms with Gasteiger partial charge in [0.05, 0.1) is 6.10 Å². The molecule has 1 atom stereocenters. The van der Waals surface area contributed by atoms with Crippen LogP contribution in [-0.4, -0.2) is 35.3 Å². The Morgan fingerprint density at radius 3 is 2.74 bits per heavy atom. The van der Waals surface area contributed by atoms with E-state index in [-0.39, 0.29) is 6.10 Å². The van der Waals surface area contributed by atoms with Crippen molar-refractivity contribution in [2.24, 2.45) is 0 Å². The Morgan fingerprint density at radius 1 is 1.19 bits per heavy atom. The van der Waals surface area contributed by atoms with E-state index in [9.17, 15) is 9.59 Å². The third kappa shape index (κ3) is 3.51. The molecule has 27 heavy (non-hydrogen) atoms. The Bertz CT molecular complexity index is 982. The highest BCUT2D eigenvalue weighted by Gasteiger charge is 2.25. The van der Waals surface area contributed by atoms with Gasteiger partial charge in [-0.25, -0.2) is 0 Å². The number of aryl methyl sites for hydroxylation is 1. The van der Waals surface area contributed by atoms with Crippen molar-refractivity contribution in [2.45, 2.75) is 25.9 Å². The standard InChI is InChI=1S/C22H22N2O3/c1-15-7-9-16(10-8-15)19-13-17-5-2-3-11-24(17)20(19)21(25)22(26)23-14-18-6-4-12-27-18/h2-3,5,7-11,13,18H,4,6,12,14H2,1H3,(H,23,26)/t18-/m1/s1. The number of nitrogens with zero attached hydrogens (tertiary/aromatic N) is 1. The van der Waals surface area contributed by atoms with Crippen molar-refractivity contribution in [3.05, 3.63) is 66.0 Å². The number of benzene rings is 1. The summed E-state index contributed by atoms with van der Waals surface area (Å²) >= 11 is 0. The first-order valence-corrected chi connectivity index (χ1v) is 9.25. The van der Waals surface area contributed by atoms with E-state index in [4.69, 9.17) is 4.74 Å². The molecule has 3 heterocycles. The number of nitrogens with one attached hydrogen (secondary N) is 1. The van der Waals surface area contributed by atoms with Gasteiger partial charge in [-0.1, -0.05) is 35.9 Å². The van der Waals surface area contributed by atoms with Gasteiger partial charge in [-0.3, -0.25) is 9.59 Å². The van der Waals surface area contributed by atoms with Crippen molar-refractivity contribution < 1.29 is 14.3 Å². The first kappa shape index (κ1) is 17.5. The molecule has 0 saturated carbocycles. The molecule has 0 unspecified atom stereocenters. The Kier molecular flexibility index (Phi) is 4.77. The van der Waals surface area contributed by atoms with Gasteiger partial charge in [-0.05, 0) is 43.5 Å². The lowest BCUT2D eigenvalue weighted by atomic mass is 10.0. The molecule has 5 nitrogen and oxygen atoms in total. The molecular weight excluding hydrogens is 340 g/mol. The van der Waals surface area contributed by atoms with E-state index in [0.717, 1.165) is 41.7 Å². The number of ketones is 1. The predicted octanol–water partition coefficient (Wildman–Crippen LogP) is 3.39. The SMILES string of the molecule is Cc1ccc(-c2cc3ccccn3c2C(=O)C(=O)NC[C@H]2CCCO2)cc1. The summed E-state index contributed by atoms with van der Waals surface area (Å²) in [6.07, 6.45) is 3.72. The Labute approximate surface area is 158 Å².